The van der Waals surface area contributed by atoms with Gasteiger partial charge in [0.05, 0.1) is 19.2 Å². The molecular formula is C33H46N4O3. The lowest BCUT2D eigenvalue weighted by atomic mass is 9.60. The van der Waals surface area contributed by atoms with E-state index < -0.39 is 0 Å². The SMILES string of the molecule is COc1cc2c(NC3CC4(CCN(C(C)C)CC4)C3)cc(-c3ccc(C)o3)nc2cc1OCCCN1CCCC1. The monoisotopic (exact) mass is 546 g/mol. The fourth-order valence-corrected chi connectivity index (χ4v) is 7.03. The molecule has 0 radical (unpaired) electrons. The average Bonchev–Trinajstić information content (AvgIpc) is 3.62. The van der Waals surface area contributed by atoms with E-state index in [0.29, 0.717) is 24.1 Å². The van der Waals surface area contributed by atoms with E-state index in [2.05, 4.69) is 41.1 Å². The molecule has 1 saturated carbocycles. The molecule has 1 aromatic carbocycles. The zero-order chi connectivity index (χ0) is 27.7. The molecule has 7 heteroatoms. The second kappa shape index (κ2) is 11.6. The number of fused-ring (bicyclic) bond motifs is 1. The molecule has 2 saturated heterocycles. The molecule has 40 heavy (non-hydrogen) atoms. The summed E-state index contributed by atoms with van der Waals surface area (Å²) in [5.41, 5.74) is 3.32. The van der Waals surface area contributed by atoms with Gasteiger partial charge in [-0.2, -0.15) is 0 Å². The molecule has 2 aromatic heterocycles. The highest BCUT2D eigenvalue weighted by atomic mass is 16.5. The van der Waals surface area contributed by atoms with Gasteiger partial charge in [0.15, 0.2) is 17.3 Å². The van der Waals surface area contributed by atoms with Gasteiger partial charge in [-0.3, -0.25) is 0 Å². The van der Waals surface area contributed by atoms with E-state index in [-0.39, 0.29) is 0 Å². The number of aromatic nitrogens is 1. The quantitative estimate of drug-likeness (QED) is 0.283. The first-order valence-electron chi connectivity index (χ1n) is 15.4. The van der Waals surface area contributed by atoms with Crippen molar-refractivity contribution in [3.05, 3.63) is 36.1 Å². The first-order valence-corrected chi connectivity index (χ1v) is 15.4. The minimum atomic E-state index is 0.467. The maximum atomic E-state index is 6.26. The van der Waals surface area contributed by atoms with E-state index >= 15 is 0 Å². The maximum absolute atomic E-state index is 6.26. The van der Waals surface area contributed by atoms with Crippen molar-refractivity contribution in [2.75, 3.05) is 51.8 Å². The molecule has 3 aliphatic rings. The summed E-state index contributed by atoms with van der Waals surface area (Å²) in [4.78, 5) is 10.2. The van der Waals surface area contributed by atoms with Gasteiger partial charge in [-0.1, -0.05) is 0 Å². The third-order valence-corrected chi connectivity index (χ3v) is 9.47. The maximum Gasteiger partial charge on any atom is 0.163 e. The molecule has 4 heterocycles. The topological polar surface area (TPSA) is 63.0 Å². The van der Waals surface area contributed by atoms with Gasteiger partial charge in [0.1, 0.15) is 11.5 Å². The van der Waals surface area contributed by atoms with Crippen LogP contribution in [0.15, 0.2) is 34.7 Å². The van der Waals surface area contributed by atoms with Crippen molar-refractivity contribution in [2.45, 2.75) is 77.8 Å². The number of furan rings is 1. The normalized spacial score (nSPS) is 19.9. The third-order valence-electron chi connectivity index (χ3n) is 9.47. The van der Waals surface area contributed by atoms with Gasteiger partial charge in [0.2, 0.25) is 0 Å². The number of methoxy groups -OCH3 is 1. The Hall–Kier alpha value is -2.77. The summed E-state index contributed by atoms with van der Waals surface area (Å²) in [6, 6.07) is 11.4. The summed E-state index contributed by atoms with van der Waals surface area (Å²) in [6.45, 7) is 13.2. The number of nitrogens with zero attached hydrogens (tertiary/aromatic N) is 3. The highest BCUT2D eigenvalue weighted by Crippen LogP contribution is 2.51. The highest BCUT2D eigenvalue weighted by Gasteiger charge is 2.46. The van der Waals surface area contributed by atoms with Crippen molar-refractivity contribution in [1.82, 2.24) is 14.8 Å². The first kappa shape index (κ1) is 27.4. The number of pyridine rings is 1. The molecule has 216 valence electrons. The Bertz CT molecular complexity index is 1300. The molecule has 3 aromatic rings. The van der Waals surface area contributed by atoms with Crippen molar-refractivity contribution < 1.29 is 13.9 Å². The Balaban J connectivity index is 1.22. The summed E-state index contributed by atoms with van der Waals surface area (Å²) >= 11 is 0. The number of ether oxygens (including phenoxy) is 2. The smallest absolute Gasteiger partial charge is 0.163 e. The van der Waals surface area contributed by atoms with Gasteiger partial charge in [-0.15, -0.1) is 0 Å². The fourth-order valence-electron chi connectivity index (χ4n) is 7.03. The number of aryl methyl sites for hydroxylation is 1. The second-order valence-electron chi connectivity index (χ2n) is 12.6. The number of hydrogen-bond acceptors (Lipinski definition) is 7. The van der Waals surface area contributed by atoms with Gasteiger partial charge < -0.3 is 29.0 Å². The second-order valence-corrected chi connectivity index (χ2v) is 12.6. The van der Waals surface area contributed by atoms with Crippen LogP contribution in [0.5, 0.6) is 11.5 Å². The molecule has 1 N–H and O–H groups in total. The van der Waals surface area contributed by atoms with Crippen molar-refractivity contribution in [1.29, 1.82) is 0 Å². The van der Waals surface area contributed by atoms with Crippen molar-refractivity contribution in [3.63, 3.8) is 0 Å². The van der Waals surface area contributed by atoms with E-state index in [1.807, 2.05) is 25.1 Å². The summed E-state index contributed by atoms with van der Waals surface area (Å²) in [7, 11) is 1.72. The predicted octanol–water partition coefficient (Wildman–Crippen LogP) is 6.74. The molecule has 0 atom stereocenters. The van der Waals surface area contributed by atoms with E-state index in [0.717, 1.165) is 58.3 Å². The average molecular weight is 547 g/mol. The Morgan fingerprint density at radius 2 is 1.82 bits per heavy atom. The molecular weight excluding hydrogens is 500 g/mol. The molecule has 0 amide bonds. The first-order chi connectivity index (χ1) is 19.4. The number of hydrogen-bond donors (Lipinski definition) is 1. The highest BCUT2D eigenvalue weighted by molar-refractivity contribution is 5.95. The summed E-state index contributed by atoms with van der Waals surface area (Å²) in [5.74, 6) is 3.18. The Morgan fingerprint density at radius 1 is 1.05 bits per heavy atom. The van der Waals surface area contributed by atoms with Crippen LogP contribution in [-0.2, 0) is 0 Å². The van der Waals surface area contributed by atoms with Gasteiger partial charge in [0, 0.05) is 35.8 Å². The molecule has 7 nitrogen and oxygen atoms in total. The van der Waals surface area contributed by atoms with E-state index in [1.165, 1.54) is 64.7 Å². The van der Waals surface area contributed by atoms with Crippen LogP contribution >= 0.6 is 0 Å². The van der Waals surface area contributed by atoms with Gasteiger partial charge in [-0.25, -0.2) is 4.98 Å². The summed E-state index contributed by atoms with van der Waals surface area (Å²) in [6.07, 6.45) is 8.72. The summed E-state index contributed by atoms with van der Waals surface area (Å²) in [5, 5.41) is 4.96. The number of rotatable bonds is 10. The van der Waals surface area contributed by atoms with Crippen LogP contribution in [0, 0.1) is 12.3 Å². The van der Waals surface area contributed by atoms with E-state index in [4.69, 9.17) is 18.9 Å². The molecule has 0 bridgehead atoms. The lowest BCUT2D eigenvalue weighted by Gasteiger charge is -2.53. The fraction of sp³-hybridized carbons (Fsp3) is 0.606. The lowest BCUT2D eigenvalue weighted by Crippen LogP contribution is -2.52. The lowest BCUT2D eigenvalue weighted by molar-refractivity contribution is 0.0134. The van der Waals surface area contributed by atoms with Crippen molar-refractivity contribution in [2.24, 2.45) is 5.41 Å². The van der Waals surface area contributed by atoms with E-state index in [1.54, 1.807) is 7.11 Å². The van der Waals surface area contributed by atoms with Crippen molar-refractivity contribution in [3.8, 4) is 23.0 Å². The van der Waals surface area contributed by atoms with Crippen LogP contribution in [0.4, 0.5) is 5.69 Å². The van der Waals surface area contributed by atoms with Gasteiger partial charge >= 0.3 is 0 Å². The zero-order valence-corrected chi connectivity index (χ0v) is 24.8. The third kappa shape index (κ3) is 5.82. The summed E-state index contributed by atoms with van der Waals surface area (Å²) < 4.78 is 18.1. The molecule has 3 fully saturated rings. The number of anilines is 1. The van der Waals surface area contributed by atoms with Crippen LogP contribution in [0.2, 0.25) is 0 Å². The largest absolute Gasteiger partial charge is 0.493 e. The van der Waals surface area contributed by atoms with Crippen LogP contribution in [0.25, 0.3) is 22.4 Å². The number of piperidine rings is 1. The Morgan fingerprint density at radius 3 is 2.50 bits per heavy atom. The van der Waals surface area contributed by atoms with Gasteiger partial charge in [0.25, 0.3) is 0 Å². The Kier molecular flexibility index (Phi) is 7.95. The van der Waals surface area contributed by atoms with Crippen LogP contribution < -0.4 is 14.8 Å². The number of benzene rings is 1. The van der Waals surface area contributed by atoms with Crippen molar-refractivity contribution >= 4 is 16.6 Å². The molecule has 0 unspecified atom stereocenters. The Labute approximate surface area is 239 Å². The number of likely N-dealkylation sites (tertiary alicyclic amines) is 2. The standard InChI is InChI=1S/C33H46N4O3/c1-23(2)37-15-10-33(11-16-37)21-25(22-33)34-27-19-29(30-9-8-24(3)40-30)35-28-20-32(31(38-4)18-26(27)28)39-17-7-14-36-12-5-6-13-36/h8-9,18-20,23,25H,5-7,10-17,21-22H2,1-4H3,(H,34,35). The predicted molar refractivity (Wildman–Crippen MR) is 162 cm³/mol. The van der Waals surface area contributed by atoms with Crippen LogP contribution in [0.3, 0.4) is 0 Å². The van der Waals surface area contributed by atoms with Crippen LogP contribution in [-0.4, -0.2) is 73.3 Å². The van der Waals surface area contributed by atoms with E-state index in [9.17, 15) is 0 Å². The molecule has 6 rings (SSSR count). The minimum Gasteiger partial charge on any atom is -0.493 e. The molecule has 1 aliphatic carbocycles. The van der Waals surface area contributed by atoms with Gasteiger partial charge in [-0.05, 0) is 122 Å². The molecule has 2 aliphatic heterocycles. The molecule has 1 spiro atoms. The van der Waals surface area contributed by atoms with Crippen LogP contribution in [0.1, 0.15) is 64.6 Å². The zero-order valence-electron chi connectivity index (χ0n) is 24.8. The minimum absolute atomic E-state index is 0.467. The number of nitrogens with one attached hydrogen (secondary N) is 1.